The predicted molar refractivity (Wildman–Crippen MR) is 137 cm³/mol. The van der Waals surface area contributed by atoms with Gasteiger partial charge in [-0.15, -0.1) is 11.3 Å². The fraction of sp³-hybridized carbons (Fsp3) is 0.240. The summed E-state index contributed by atoms with van der Waals surface area (Å²) in [6.07, 6.45) is 3.25. The van der Waals surface area contributed by atoms with Crippen molar-refractivity contribution in [1.29, 1.82) is 0 Å². The Morgan fingerprint density at radius 3 is 2.64 bits per heavy atom. The Balaban J connectivity index is 1.68. The molecule has 7 nitrogen and oxygen atoms in total. The Labute approximate surface area is 216 Å². The van der Waals surface area contributed by atoms with E-state index in [1.54, 1.807) is 22.2 Å². The lowest BCUT2D eigenvalue weighted by molar-refractivity contribution is 0.101. The highest BCUT2D eigenvalue weighted by Gasteiger charge is 2.29. The number of hydrogen-bond acceptors (Lipinski definition) is 6. The summed E-state index contributed by atoms with van der Waals surface area (Å²) in [6.45, 7) is 1.47. The summed E-state index contributed by atoms with van der Waals surface area (Å²) in [5, 5.41) is 12.9. The average Bonchev–Trinajstić information content (AvgIpc) is 3.36. The van der Waals surface area contributed by atoms with Gasteiger partial charge in [0.25, 0.3) is 0 Å². The van der Waals surface area contributed by atoms with E-state index in [9.17, 15) is 17.6 Å². The Kier molecular flexibility index (Phi) is 6.54. The van der Waals surface area contributed by atoms with E-state index in [1.165, 1.54) is 30.4 Å². The summed E-state index contributed by atoms with van der Waals surface area (Å²) < 4.78 is 39.8. The molecule has 0 unspecified atom stereocenters. The third-order valence-corrected chi connectivity index (χ3v) is 8.08. The maximum absolute atomic E-state index is 14.7. The molecular weight excluding hydrogens is 523 g/mol. The van der Waals surface area contributed by atoms with E-state index in [0.717, 1.165) is 36.1 Å². The molecule has 2 heterocycles. The van der Waals surface area contributed by atoms with E-state index in [4.69, 9.17) is 21.8 Å². The van der Waals surface area contributed by atoms with Crippen LogP contribution in [0.5, 0.6) is 0 Å². The first kappa shape index (κ1) is 24.8. The van der Waals surface area contributed by atoms with Crippen molar-refractivity contribution in [2.24, 2.45) is 11.1 Å². The minimum Gasteiger partial charge on any atom is -0.293 e. The van der Waals surface area contributed by atoms with Crippen molar-refractivity contribution >= 4 is 38.7 Å². The fourth-order valence-corrected chi connectivity index (χ4v) is 5.73. The van der Waals surface area contributed by atoms with Crippen LogP contribution in [0.1, 0.15) is 47.1 Å². The molecule has 0 atom stereocenters. The maximum Gasteiger partial charge on any atom is 0.240 e. The lowest BCUT2D eigenvalue weighted by Crippen LogP contribution is -2.14. The number of sulfonamides is 1. The second-order valence-corrected chi connectivity index (χ2v) is 11.7. The van der Waals surface area contributed by atoms with E-state index < -0.39 is 20.7 Å². The van der Waals surface area contributed by atoms with Gasteiger partial charge < -0.3 is 0 Å². The minimum absolute atomic E-state index is 0.130. The van der Waals surface area contributed by atoms with Gasteiger partial charge >= 0.3 is 0 Å². The van der Waals surface area contributed by atoms with Gasteiger partial charge in [-0.1, -0.05) is 29.8 Å². The monoisotopic (exact) mass is 544 g/mol. The zero-order valence-electron chi connectivity index (χ0n) is 19.2. The summed E-state index contributed by atoms with van der Waals surface area (Å²) in [5.74, 6) is -0.532. The molecule has 2 aromatic heterocycles. The molecular formula is C25H22ClFN4O3S2. The number of carbonyl (C=O) groups is 1. The van der Waals surface area contributed by atoms with Gasteiger partial charge in [0.05, 0.1) is 11.4 Å². The van der Waals surface area contributed by atoms with Crippen LogP contribution in [0.2, 0.25) is 5.02 Å². The van der Waals surface area contributed by atoms with E-state index in [-0.39, 0.29) is 5.78 Å². The van der Waals surface area contributed by atoms with Gasteiger partial charge in [0.2, 0.25) is 15.2 Å². The molecule has 5 rings (SSSR count). The van der Waals surface area contributed by atoms with Crippen LogP contribution in [0.25, 0.3) is 16.4 Å². The number of ketones is 1. The molecule has 1 aliphatic rings. The number of nitrogens with zero attached hydrogens (tertiary/aromatic N) is 3. The van der Waals surface area contributed by atoms with Crippen molar-refractivity contribution in [1.82, 2.24) is 14.8 Å². The zero-order chi connectivity index (χ0) is 25.6. The molecule has 186 valence electrons. The van der Waals surface area contributed by atoms with Gasteiger partial charge in [-0.2, -0.15) is 5.10 Å². The van der Waals surface area contributed by atoms with Crippen LogP contribution in [0.4, 0.5) is 4.39 Å². The number of Topliss-reactive ketones (excluding diaryl/α,β-unsaturated/α-hetero) is 1. The SMILES string of the molecule is CC(=O)c1csc(-n2nc(-c3cccc(Cl)c3)c(Cc3ccc(S(N)(=O)=O)c(F)c3)c2CC2CC2)n1. The van der Waals surface area contributed by atoms with Crippen LogP contribution in [-0.2, 0) is 22.9 Å². The molecule has 0 amide bonds. The summed E-state index contributed by atoms with van der Waals surface area (Å²) in [5.41, 5.74) is 4.19. The predicted octanol–water partition coefficient (Wildman–Crippen LogP) is 5.18. The second kappa shape index (κ2) is 9.51. The molecule has 1 saturated carbocycles. The summed E-state index contributed by atoms with van der Waals surface area (Å²) in [4.78, 5) is 15.8. The molecule has 0 saturated heterocycles. The number of aromatic nitrogens is 3. The molecule has 1 fully saturated rings. The fourth-order valence-electron chi connectivity index (χ4n) is 4.11. The highest BCUT2D eigenvalue weighted by molar-refractivity contribution is 7.89. The molecule has 11 heteroatoms. The smallest absolute Gasteiger partial charge is 0.240 e. The molecule has 0 aliphatic heterocycles. The van der Waals surface area contributed by atoms with Crippen LogP contribution < -0.4 is 5.14 Å². The number of primary sulfonamides is 1. The molecule has 36 heavy (non-hydrogen) atoms. The molecule has 0 bridgehead atoms. The standard InChI is InChI=1S/C25H22ClFN4O3S2/c1-14(32)21-13-35-25(29-21)31-22(11-15-5-6-15)19(24(30-31)17-3-2-4-18(26)12-17)9-16-7-8-23(20(27)10-16)36(28,33)34/h2-4,7-8,10,12-13,15H,5-6,9,11H2,1H3,(H2,28,33,34). The first-order valence-corrected chi connectivity index (χ1v) is 14.1. The molecule has 4 aromatic rings. The molecule has 2 aromatic carbocycles. The van der Waals surface area contributed by atoms with Gasteiger partial charge in [0.15, 0.2) is 5.78 Å². The maximum atomic E-state index is 14.7. The van der Waals surface area contributed by atoms with Crippen LogP contribution in [0.15, 0.2) is 52.7 Å². The molecule has 0 spiro atoms. The number of benzene rings is 2. The van der Waals surface area contributed by atoms with E-state index in [2.05, 4.69) is 4.98 Å². The second-order valence-electron chi connectivity index (χ2n) is 8.90. The number of rotatable bonds is 8. The highest BCUT2D eigenvalue weighted by atomic mass is 35.5. The summed E-state index contributed by atoms with van der Waals surface area (Å²) in [6, 6.07) is 11.2. The van der Waals surface area contributed by atoms with Gasteiger partial charge in [-0.3, -0.25) is 4.79 Å². The van der Waals surface area contributed by atoms with Crippen LogP contribution in [-0.4, -0.2) is 29.0 Å². The van der Waals surface area contributed by atoms with Gasteiger partial charge in [-0.05, 0) is 55.0 Å². The number of hydrogen-bond donors (Lipinski definition) is 1. The Morgan fingerprint density at radius 2 is 2.03 bits per heavy atom. The third kappa shape index (κ3) is 5.12. The van der Waals surface area contributed by atoms with E-state index >= 15 is 0 Å². The first-order chi connectivity index (χ1) is 17.1. The Morgan fingerprint density at radius 1 is 1.25 bits per heavy atom. The van der Waals surface area contributed by atoms with Crippen molar-refractivity contribution in [3.05, 3.63) is 81.2 Å². The Hall–Kier alpha value is -2.92. The van der Waals surface area contributed by atoms with Crippen molar-refractivity contribution in [3.63, 3.8) is 0 Å². The first-order valence-electron chi connectivity index (χ1n) is 11.2. The molecule has 1 aliphatic carbocycles. The van der Waals surface area contributed by atoms with Gasteiger partial charge in [0, 0.05) is 34.9 Å². The van der Waals surface area contributed by atoms with Crippen molar-refractivity contribution in [2.45, 2.75) is 37.5 Å². The van der Waals surface area contributed by atoms with E-state index in [1.807, 2.05) is 18.2 Å². The Bertz CT molecular complexity index is 1590. The number of nitrogens with two attached hydrogens (primary N) is 1. The van der Waals surface area contributed by atoms with E-state index in [0.29, 0.717) is 39.4 Å². The third-order valence-electron chi connectivity index (χ3n) is 6.08. The summed E-state index contributed by atoms with van der Waals surface area (Å²) >= 11 is 7.61. The zero-order valence-corrected chi connectivity index (χ0v) is 21.6. The topological polar surface area (TPSA) is 108 Å². The van der Waals surface area contributed by atoms with Crippen LogP contribution in [0, 0.1) is 11.7 Å². The van der Waals surface area contributed by atoms with Crippen molar-refractivity contribution < 1.29 is 17.6 Å². The van der Waals surface area contributed by atoms with Gasteiger partial charge in [-0.25, -0.2) is 27.6 Å². The quantitative estimate of drug-likeness (QED) is 0.307. The minimum atomic E-state index is -4.17. The largest absolute Gasteiger partial charge is 0.293 e. The van der Waals surface area contributed by atoms with Gasteiger partial charge in [0.1, 0.15) is 16.4 Å². The number of thiazole rings is 1. The van der Waals surface area contributed by atoms with Crippen LogP contribution in [0.3, 0.4) is 0 Å². The number of carbonyl (C=O) groups excluding carboxylic acids is 1. The highest BCUT2D eigenvalue weighted by Crippen LogP contribution is 2.38. The number of halogens is 2. The molecule has 0 radical (unpaired) electrons. The lowest BCUT2D eigenvalue weighted by atomic mass is 9.97. The normalized spacial score (nSPS) is 13.8. The van der Waals surface area contributed by atoms with Crippen molar-refractivity contribution in [2.75, 3.05) is 0 Å². The molecule has 2 N–H and O–H groups in total. The average molecular weight is 545 g/mol. The van der Waals surface area contributed by atoms with Crippen LogP contribution >= 0.6 is 22.9 Å². The van der Waals surface area contributed by atoms with Crippen molar-refractivity contribution in [3.8, 4) is 16.4 Å². The summed E-state index contributed by atoms with van der Waals surface area (Å²) in [7, 11) is -4.17. The lowest BCUT2D eigenvalue weighted by Gasteiger charge is -2.10.